The second-order valence-electron chi connectivity index (χ2n) is 7.06. The summed E-state index contributed by atoms with van der Waals surface area (Å²) in [6.07, 6.45) is 2.19. The summed E-state index contributed by atoms with van der Waals surface area (Å²) in [5.41, 5.74) is 0. The van der Waals surface area contributed by atoms with Gasteiger partial charge in [0, 0.05) is 6.61 Å². The minimum absolute atomic E-state index is 0.0564. The van der Waals surface area contributed by atoms with Crippen LogP contribution in [0.1, 0.15) is 12.8 Å². The fourth-order valence-electron chi connectivity index (χ4n) is 1.66. The Morgan fingerprint density at radius 3 is 2.00 bits per heavy atom. The molecule has 0 aliphatic carbocycles. The molecule has 1 atom stereocenters. The first kappa shape index (κ1) is 17.3. The summed E-state index contributed by atoms with van der Waals surface area (Å²) in [6, 6.07) is 0. The topological polar surface area (TPSA) is 40.2 Å². The van der Waals surface area contributed by atoms with Crippen LogP contribution in [0.2, 0.25) is 39.3 Å². The highest BCUT2D eigenvalue weighted by molar-refractivity contribution is 6.70. The first-order chi connectivity index (χ1) is 8.66. The molecule has 1 aliphatic rings. The fourth-order valence-corrected chi connectivity index (χ4v) is 3.67. The monoisotopic (exact) mass is 306 g/mol. The van der Waals surface area contributed by atoms with E-state index in [0.29, 0.717) is 6.10 Å². The molecule has 1 aliphatic heterocycles. The maximum atomic E-state index is 6.12. The van der Waals surface area contributed by atoms with Crippen LogP contribution in [-0.4, -0.2) is 48.8 Å². The van der Waals surface area contributed by atoms with Crippen molar-refractivity contribution in [3.05, 3.63) is 0 Å². The van der Waals surface area contributed by atoms with Crippen LogP contribution in [0.3, 0.4) is 0 Å². The standard InChI is InChI=1S/C13H30O4Si2/c1-18(2,3)16-13(17-19(4,5)6)8-7-9-14-10-12-11-15-12/h12-13H,7-11H2,1-6H3. The zero-order chi connectivity index (χ0) is 14.5. The second-order valence-corrected chi connectivity index (χ2v) is 16.0. The Bertz CT molecular complexity index is 240. The van der Waals surface area contributed by atoms with E-state index in [1.807, 2.05) is 0 Å². The molecule has 4 nitrogen and oxygen atoms in total. The van der Waals surface area contributed by atoms with Gasteiger partial charge < -0.3 is 18.3 Å². The van der Waals surface area contributed by atoms with Crippen molar-refractivity contribution in [2.45, 2.75) is 64.5 Å². The van der Waals surface area contributed by atoms with Crippen LogP contribution in [-0.2, 0) is 18.3 Å². The van der Waals surface area contributed by atoms with Crippen LogP contribution in [0.15, 0.2) is 0 Å². The van der Waals surface area contributed by atoms with Gasteiger partial charge in [-0.1, -0.05) is 0 Å². The SMILES string of the molecule is C[Si](C)(C)OC(CCCOCC1CO1)O[Si](C)(C)C. The fraction of sp³-hybridized carbons (Fsp3) is 1.00. The number of rotatable bonds is 10. The van der Waals surface area contributed by atoms with Gasteiger partial charge in [0.25, 0.3) is 0 Å². The Hall–Kier alpha value is 0.274. The first-order valence-electron chi connectivity index (χ1n) is 7.21. The molecule has 1 rings (SSSR count). The van der Waals surface area contributed by atoms with E-state index in [4.69, 9.17) is 18.3 Å². The lowest BCUT2D eigenvalue weighted by molar-refractivity contribution is -0.0208. The molecule has 1 fully saturated rings. The molecule has 0 aromatic heterocycles. The van der Waals surface area contributed by atoms with Crippen molar-refractivity contribution in [1.29, 1.82) is 0 Å². The van der Waals surface area contributed by atoms with Crippen molar-refractivity contribution >= 4 is 16.6 Å². The molecule has 1 saturated heterocycles. The molecule has 114 valence electrons. The summed E-state index contributed by atoms with van der Waals surface area (Å²) in [5, 5.41) is 0. The molecule has 0 aromatic carbocycles. The van der Waals surface area contributed by atoms with Crippen molar-refractivity contribution in [1.82, 2.24) is 0 Å². The quantitative estimate of drug-likeness (QED) is 0.269. The molecule has 0 N–H and O–H groups in total. The zero-order valence-electron chi connectivity index (χ0n) is 13.3. The van der Waals surface area contributed by atoms with Gasteiger partial charge in [0.2, 0.25) is 0 Å². The lowest BCUT2D eigenvalue weighted by Crippen LogP contribution is -2.40. The first-order valence-corrected chi connectivity index (χ1v) is 14.0. The van der Waals surface area contributed by atoms with E-state index >= 15 is 0 Å². The van der Waals surface area contributed by atoms with Crippen molar-refractivity contribution in [3.63, 3.8) is 0 Å². The number of epoxide rings is 1. The highest BCUT2D eigenvalue weighted by Crippen LogP contribution is 2.18. The van der Waals surface area contributed by atoms with Crippen molar-refractivity contribution in [2.24, 2.45) is 0 Å². The highest BCUT2D eigenvalue weighted by Gasteiger charge is 2.27. The third-order valence-corrected chi connectivity index (χ3v) is 4.34. The smallest absolute Gasteiger partial charge is 0.187 e. The molecule has 19 heavy (non-hydrogen) atoms. The van der Waals surface area contributed by atoms with Gasteiger partial charge in [0.05, 0.1) is 13.2 Å². The Kier molecular flexibility index (Phi) is 6.68. The van der Waals surface area contributed by atoms with Gasteiger partial charge in [-0.15, -0.1) is 0 Å². The van der Waals surface area contributed by atoms with Crippen LogP contribution in [0.4, 0.5) is 0 Å². The third kappa shape index (κ3) is 10.7. The van der Waals surface area contributed by atoms with E-state index in [-0.39, 0.29) is 6.29 Å². The lowest BCUT2D eigenvalue weighted by atomic mass is 10.3. The number of hydrogen-bond donors (Lipinski definition) is 0. The molecular formula is C13H30O4Si2. The van der Waals surface area contributed by atoms with Crippen LogP contribution in [0.25, 0.3) is 0 Å². The highest BCUT2D eigenvalue weighted by atomic mass is 28.4. The molecule has 0 aromatic rings. The van der Waals surface area contributed by atoms with Crippen molar-refractivity contribution < 1.29 is 18.3 Å². The van der Waals surface area contributed by atoms with E-state index in [2.05, 4.69) is 39.3 Å². The maximum Gasteiger partial charge on any atom is 0.187 e. The van der Waals surface area contributed by atoms with Gasteiger partial charge in [-0.2, -0.15) is 0 Å². The van der Waals surface area contributed by atoms with E-state index in [9.17, 15) is 0 Å². The Morgan fingerprint density at radius 2 is 1.58 bits per heavy atom. The summed E-state index contributed by atoms with van der Waals surface area (Å²) in [7, 11) is -3.12. The third-order valence-electron chi connectivity index (χ3n) is 2.40. The molecule has 6 heteroatoms. The van der Waals surface area contributed by atoms with E-state index in [0.717, 1.165) is 32.7 Å². The average molecular weight is 307 g/mol. The summed E-state index contributed by atoms with van der Waals surface area (Å²) >= 11 is 0. The molecule has 0 saturated carbocycles. The molecule has 0 radical (unpaired) electrons. The molecule has 1 unspecified atom stereocenters. The summed E-state index contributed by atoms with van der Waals surface area (Å²) in [4.78, 5) is 0. The summed E-state index contributed by atoms with van der Waals surface area (Å²) in [5.74, 6) is 0. The minimum Gasteiger partial charge on any atom is -0.394 e. The molecule has 0 spiro atoms. The average Bonchev–Trinajstić information content (AvgIpc) is 2.95. The number of ether oxygens (including phenoxy) is 2. The van der Waals surface area contributed by atoms with E-state index in [1.54, 1.807) is 0 Å². The molecule has 1 heterocycles. The van der Waals surface area contributed by atoms with Gasteiger partial charge in [0.15, 0.2) is 16.6 Å². The van der Waals surface area contributed by atoms with Crippen molar-refractivity contribution in [3.8, 4) is 0 Å². The molecule has 0 bridgehead atoms. The van der Waals surface area contributed by atoms with Crippen LogP contribution in [0, 0.1) is 0 Å². The summed E-state index contributed by atoms with van der Waals surface area (Å²) in [6.45, 7) is 15.6. The zero-order valence-corrected chi connectivity index (χ0v) is 15.3. The Morgan fingerprint density at radius 1 is 1.05 bits per heavy atom. The summed E-state index contributed by atoms with van der Waals surface area (Å²) < 4.78 is 22.9. The maximum absolute atomic E-state index is 6.12. The lowest BCUT2D eigenvalue weighted by Gasteiger charge is -2.31. The van der Waals surface area contributed by atoms with Crippen LogP contribution < -0.4 is 0 Å². The van der Waals surface area contributed by atoms with Gasteiger partial charge >= 0.3 is 0 Å². The van der Waals surface area contributed by atoms with E-state index in [1.165, 1.54) is 0 Å². The predicted octanol–water partition coefficient (Wildman–Crippen LogP) is 3.21. The Balaban J connectivity index is 2.22. The second kappa shape index (κ2) is 7.33. The van der Waals surface area contributed by atoms with Crippen LogP contribution >= 0.6 is 0 Å². The van der Waals surface area contributed by atoms with E-state index < -0.39 is 16.6 Å². The van der Waals surface area contributed by atoms with Gasteiger partial charge in [-0.3, -0.25) is 0 Å². The normalized spacial score (nSPS) is 20.1. The molecule has 0 amide bonds. The number of hydrogen-bond acceptors (Lipinski definition) is 4. The largest absolute Gasteiger partial charge is 0.394 e. The van der Waals surface area contributed by atoms with Gasteiger partial charge in [0.1, 0.15) is 12.4 Å². The van der Waals surface area contributed by atoms with Crippen LogP contribution in [0.5, 0.6) is 0 Å². The van der Waals surface area contributed by atoms with Gasteiger partial charge in [-0.05, 0) is 52.1 Å². The van der Waals surface area contributed by atoms with Crippen molar-refractivity contribution in [2.75, 3.05) is 19.8 Å². The molecular weight excluding hydrogens is 276 g/mol. The van der Waals surface area contributed by atoms with Gasteiger partial charge in [-0.25, -0.2) is 0 Å². The minimum atomic E-state index is -1.56. The Labute approximate surface area is 120 Å². The predicted molar refractivity (Wildman–Crippen MR) is 82.4 cm³/mol.